The van der Waals surface area contributed by atoms with Crippen molar-refractivity contribution in [2.75, 3.05) is 26.0 Å². The summed E-state index contributed by atoms with van der Waals surface area (Å²) in [6.07, 6.45) is 4.87. The highest BCUT2D eigenvalue weighted by Gasteiger charge is 2.45. The zero-order valence-corrected chi connectivity index (χ0v) is 17.7. The minimum absolute atomic E-state index is 0.116. The first-order valence-corrected chi connectivity index (χ1v) is 10.5. The first kappa shape index (κ1) is 20.5. The van der Waals surface area contributed by atoms with Gasteiger partial charge in [0.2, 0.25) is 11.8 Å². The molecule has 0 bridgehead atoms. The molecule has 0 radical (unpaired) electrons. The lowest BCUT2D eigenvalue weighted by Crippen LogP contribution is -2.54. The lowest BCUT2D eigenvalue weighted by atomic mass is 9.88. The smallest absolute Gasteiger partial charge is 0.262 e. The minimum atomic E-state index is -0.937. The molecule has 0 aromatic heterocycles. The molecule has 8 heteroatoms. The van der Waals surface area contributed by atoms with Gasteiger partial charge in [-0.15, -0.1) is 0 Å². The van der Waals surface area contributed by atoms with Crippen LogP contribution in [0.2, 0.25) is 0 Å². The topological polar surface area (TPSA) is 90.0 Å². The van der Waals surface area contributed by atoms with Gasteiger partial charge >= 0.3 is 0 Å². The average Bonchev–Trinajstić information content (AvgIpc) is 2.97. The Morgan fingerprint density at radius 3 is 2.23 bits per heavy atom. The quantitative estimate of drug-likeness (QED) is 0.752. The molecule has 1 saturated carbocycles. The monoisotopic (exact) mass is 412 g/mol. The van der Waals surface area contributed by atoms with Crippen molar-refractivity contribution < 1.29 is 19.2 Å². The molecule has 3 aliphatic rings. The zero-order chi connectivity index (χ0) is 21.6. The zero-order valence-electron chi connectivity index (χ0n) is 17.7. The maximum Gasteiger partial charge on any atom is 0.262 e. The Bertz CT molecular complexity index is 912. The van der Waals surface area contributed by atoms with Crippen LogP contribution in [0, 0.1) is 0 Å². The fourth-order valence-electron chi connectivity index (χ4n) is 5.02. The van der Waals surface area contributed by atoms with Crippen molar-refractivity contribution in [1.29, 1.82) is 0 Å². The van der Waals surface area contributed by atoms with Crippen LogP contribution < -0.4 is 10.2 Å². The Balaban J connectivity index is 1.60. The second kappa shape index (κ2) is 7.83. The third kappa shape index (κ3) is 3.39. The summed E-state index contributed by atoms with van der Waals surface area (Å²) in [5, 5.41) is 2.23. The highest BCUT2D eigenvalue weighted by atomic mass is 16.2. The largest absolute Gasteiger partial charge is 0.370 e. The van der Waals surface area contributed by atoms with Gasteiger partial charge in [0.05, 0.1) is 11.1 Å². The number of nitrogens with zero attached hydrogens (tertiary/aromatic N) is 3. The molecule has 1 N–H and O–H groups in total. The standard InChI is InChI=1S/C22H28N4O4/c1-24(2)16-6-4-5-7-17(16)25(3)13-8-9-14-15(12-13)22(30)26(21(14)29)18-10-11-19(27)23-20(18)28/h8-9,12,16-18H,4-7,10-11H2,1-3H3,(H,23,27,28)/t16-,17-,18?/m0/s1. The summed E-state index contributed by atoms with van der Waals surface area (Å²) < 4.78 is 0. The molecule has 0 spiro atoms. The summed E-state index contributed by atoms with van der Waals surface area (Å²) in [5.41, 5.74) is 1.53. The number of fused-ring (bicyclic) bond motifs is 1. The normalized spacial score (nSPS) is 26.8. The van der Waals surface area contributed by atoms with Gasteiger partial charge < -0.3 is 9.80 Å². The van der Waals surface area contributed by atoms with Gasteiger partial charge in [-0.1, -0.05) is 12.8 Å². The Labute approximate surface area is 176 Å². The lowest BCUT2D eigenvalue weighted by Gasteiger charge is -2.42. The van der Waals surface area contributed by atoms with E-state index >= 15 is 0 Å². The molecule has 1 unspecified atom stereocenters. The van der Waals surface area contributed by atoms with E-state index < -0.39 is 23.8 Å². The fraction of sp³-hybridized carbons (Fsp3) is 0.545. The van der Waals surface area contributed by atoms with Crippen LogP contribution >= 0.6 is 0 Å². The van der Waals surface area contributed by atoms with Crippen molar-refractivity contribution >= 4 is 29.3 Å². The van der Waals surface area contributed by atoms with Crippen molar-refractivity contribution in [2.24, 2.45) is 0 Å². The number of carbonyl (C=O) groups excluding carboxylic acids is 4. The maximum atomic E-state index is 13.1. The highest BCUT2D eigenvalue weighted by Crippen LogP contribution is 2.33. The molecule has 2 fully saturated rings. The Hall–Kier alpha value is -2.74. The Morgan fingerprint density at radius 2 is 1.57 bits per heavy atom. The van der Waals surface area contributed by atoms with E-state index in [9.17, 15) is 19.2 Å². The van der Waals surface area contributed by atoms with Gasteiger partial charge in [0, 0.05) is 31.2 Å². The van der Waals surface area contributed by atoms with Gasteiger partial charge in [-0.2, -0.15) is 0 Å². The van der Waals surface area contributed by atoms with E-state index in [1.807, 2.05) is 13.1 Å². The molecular formula is C22H28N4O4. The molecule has 1 aromatic rings. The van der Waals surface area contributed by atoms with E-state index in [2.05, 4.69) is 29.2 Å². The summed E-state index contributed by atoms with van der Waals surface area (Å²) in [4.78, 5) is 55.1. The summed E-state index contributed by atoms with van der Waals surface area (Å²) in [6, 6.07) is 5.13. The van der Waals surface area contributed by atoms with Crippen molar-refractivity contribution in [2.45, 2.75) is 56.7 Å². The van der Waals surface area contributed by atoms with Crippen molar-refractivity contribution in [1.82, 2.24) is 15.1 Å². The number of amides is 4. The molecular weight excluding hydrogens is 384 g/mol. The predicted octanol–water partition coefficient (Wildman–Crippen LogP) is 1.40. The van der Waals surface area contributed by atoms with Gasteiger partial charge in [0.25, 0.3) is 11.8 Å². The van der Waals surface area contributed by atoms with Crippen molar-refractivity contribution in [3.8, 4) is 0 Å². The highest BCUT2D eigenvalue weighted by molar-refractivity contribution is 6.23. The van der Waals surface area contributed by atoms with Gasteiger partial charge in [-0.3, -0.25) is 29.4 Å². The maximum absolute atomic E-state index is 13.1. The van der Waals surface area contributed by atoms with Crippen LogP contribution in [0.25, 0.3) is 0 Å². The SMILES string of the molecule is CN(C)[C@H]1CCCC[C@@H]1N(C)c1ccc2c(c1)C(=O)N(C1CCC(=O)NC1=O)C2=O. The molecule has 2 heterocycles. The van der Waals surface area contributed by atoms with Gasteiger partial charge in [0.1, 0.15) is 6.04 Å². The van der Waals surface area contributed by atoms with Gasteiger partial charge in [-0.05, 0) is 51.6 Å². The first-order chi connectivity index (χ1) is 14.3. The number of anilines is 1. The van der Waals surface area contributed by atoms with E-state index in [1.54, 1.807) is 12.1 Å². The lowest BCUT2D eigenvalue weighted by molar-refractivity contribution is -0.136. The number of hydrogen-bond acceptors (Lipinski definition) is 6. The van der Waals surface area contributed by atoms with E-state index in [1.165, 1.54) is 12.8 Å². The van der Waals surface area contributed by atoms with E-state index in [-0.39, 0.29) is 18.7 Å². The third-order valence-electron chi connectivity index (χ3n) is 6.69. The van der Waals surface area contributed by atoms with Crippen molar-refractivity contribution in [3.63, 3.8) is 0 Å². The summed E-state index contributed by atoms with van der Waals surface area (Å²) in [7, 11) is 6.23. The number of benzene rings is 1. The van der Waals surface area contributed by atoms with Gasteiger partial charge in [-0.25, -0.2) is 0 Å². The number of nitrogens with one attached hydrogen (secondary N) is 1. The van der Waals surface area contributed by atoms with Crippen LogP contribution in [-0.2, 0) is 9.59 Å². The molecule has 1 aromatic carbocycles. The van der Waals surface area contributed by atoms with Crippen LogP contribution in [-0.4, -0.2) is 72.7 Å². The summed E-state index contributed by atoms with van der Waals surface area (Å²) in [6.45, 7) is 0. The van der Waals surface area contributed by atoms with Crippen LogP contribution in [0.1, 0.15) is 59.2 Å². The van der Waals surface area contributed by atoms with E-state index in [0.717, 1.165) is 23.4 Å². The molecule has 30 heavy (non-hydrogen) atoms. The van der Waals surface area contributed by atoms with Crippen LogP contribution in [0.5, 0.6) is 0 Å². The molecule has 160 valence electrons. The average molecular weight is 412 g/mol. The second-order valence-electron chi connectivity index (χ2n) is 8.67. The summed E-state index contributed by atoms with van der Waals surface area (Å²) in [5.74, 6) is -1.90. The molecule has 1 aliphatic carbocycles. The van der Waals surface area contributed by atoms with Crippen LogP contribution in [0.4, 0.5) is 5.69 Å². The van der Waals surface area contributed by atoms with Crippen LogP contribution in [0.3, 0.4) is 0 Å². The predicted molar refractivity (Wildman–Crippen MR) is 111 cm³/mol. The first-order valence-electron chi connectivity index (χ1n) is 10.5. The molecule has 3 atom stereocenters. The molecule has 2 aliphatic heterocycles. The third-order valence-corrected chi connectivity index (χ3v) is 6.69. The number of hydrogen-bond donors (Lipinski definition) is 1. The van der Waals surface area contributed by atoms with Gasteiger partial charge in [0.15, 0.2) is 0 Å². The number of likely N-dealkylation sites (N-methyl/N-ethyl adjacent to an activating group) is 2. The second-order valence-corrected chi connectivity index (χ2v) is 8.67. The number of carbonyl (C=O) groups is 4. The molecule has 4 amide bonds. The molecule has 4 rings (SSSR count). The molecule has 1 saturated heterocycles. The number of piperidine rings is 1. The number of rotatable bonds is 4. The summed E-state index contributed by atoms with van der Waals surface area (Å²) >= 11 is 0. The fourth-order valence-corrected chi connectivity index (χ4v) is 5.02. The Morgan fingerprint density at radius 1 is 0.900 bits per heavy atom. The van der Waals surface area contributed by atoms with Crippen molar-refractivity contribution in [3.05, 3.63) is 29.3 Å². The number of imide groups is 2. The minimum Gasteiger partial charge on any atom is -0.370 e. The van der Waals surface area contributed by atoms with Crippen LogP contribution in [0.15, 0.2) is 18.2 Å². The van der Waals surface area contributed by atoms with E-state index in [4.69, 9.17) is 0 Å². The Kier molecular flexibility index (Phi) is 5.36. The molecule has 8 nitrogen and oxygen atoms in total. The van der Waals surface area contributed by atoms with E-state index in [0.29, 0.717) is 23.2 Å².